The average Bonchev–Trinajstić information content (AvgIpc) is 2.81. The molecule has 8 heteroatoms. The van der Waals surface area contributed by atoms with Gasteiger partial charge in [-0.15, -0.1) is 0 Å². The predicted molar refractivity (Wildman–Crippen MR) is 133 cm³/mol. The molecular weight excluding hydrogens is 418 g/mol. The highest BCUT2D eigenvalue weighted by Crippen LogP contribution is 2.39. The number of fused-ring (bicyclic) bond motifs is 1. The van der Waals surface area contributed by atoms with Crippen LogP contribution in [0.1, 0.15) is 12.0 Å². The maximum Gasteiger partial charge on any atom is 0.259 e. The van der Waals surface area contributed by atoms with Gasteiger partial charge in [-0.25, -0.2) is 4.98 Å². The fourth-order valence-corrected chi connectivity index (χ4v) is 4.49. The predicted octanol–water partition coefficient (Wildman–Crippen LogP) is 2.48. The Balaban J connectivity index is 1.85. The van der Waals surface area contributed by atoms with E-state index in [1.165, 1.54) is 6.42 Å². The summed E-state index contributed by atoms with van der Waals surface area (Å²) in [6, 6.07) is 6.56. The Morgan fingerprint density at radius 3 is 2.39 bits per heavy atom. The zero-order chi connectivity index (χ0) is 23.7. The standard InChI is InChI=1S/C25H33N5O3/c1-26-12-17-7-8-30(17)15-21-22(32-5)9-16(10-23(21)33-6)20-14-29(4)25(31)19-13-27-24(28(2)3)11-18(19)20/h9-11,13-14,17,26H,7-8,12,15H2,1-6H3. The van der Waals surface area contributed by atoms with Gasteiger partial charge < -0.3 is 24.3 Å². The van der Waals surface area contributed by atoms with E-state index >= 15 is 0 Å². The van der Waals surface area contributed by atoms with Gasteiger partial charge in [-0.2, -0.15) is 0 Å². The molecule has 0 spiro atoms. The van der Waals surface area contributed by atoms with Gasteiger partial charge in [0.2, 0.25) is 0 Å². The molecule has 1 fully saturated rings. The SMILES string of the molecule is CNCC1CCN1Cc1c(OC)cc(-c2cn(C)c(=O)c3cnc(N(C)C)cc23)cc1OC. The van der Waals surface area contributed by atoms with Gasteiger partial charge in [-0.1, -0.05) is 0 Å². The van der Waals surface area contributed by atoms with E-state index in [1.807, 2.05) is 50.4 Å². The van der Waals surface area contributed by atoms with E-state index in [2.05, 4.69) is 15.2 Å². The van der Waals surface area contributed by atoms with Crippen LogP contribution in [0.3, 0.4) is 0 Å². The van der Waals surface area contributed by atoms with Crippen molar-refractivity contribution >= 4 is 16.6 Å². The molecule has 1 aromatic carbocycles. The van der Waals surface area contributed by atoms with E-state index in [9.17, 15) is 4.79 Å². The fraction of sp³-hybridized carbons (Fsp3) is 0.440. The van der Waals surface area contributed by atoms with Crippen molar-refractivity contribution in [2.24, 2.45) is 7.05 Å². The highest BCUT2D eigenvalue weighted by Gasteiger charge is 2.29. The Morgan fingerprint density at radius 1 is 1.15 bits per heavy atom. The third-order valence-electron chi connectivity index (χ3n) is 6.50. The van der Waals surface area contributed by atoms with Crippen LogP contribution in [0.4, 0.5) is 5.82 Å². The molecule has 1 atom stereocenters. The van der Waals surface area contributed by atoms with Crippen molar-refractivity contribution in [2.45, 2.75) is 19.0 Å². The van der Waals surface area contributed by atoms with Gasteiger partial charge in [0.1, 0.15) is 17.3 Å². The Morgan fingerprint density at radius 2 is 1.85 bits per heavy atom. The Labute approximate surface area is 194 Å². The number of methoxy groups -OCH3 is 2. The lowest BCUT2D eigenvalue weighted by Crippen LogP contribution is -2.51. The first-order valence-corrected chi connectivity index (χ1v) is 11.2. The van der Waals surface area contributed by atoms with Crippen LogP contribution in [0, 0.1) is 0 Å². The van der Waals surface area contributed by atoms with Crippen LogP contribution in [0.5, 0.6) is 11.5 Å². The summed E-state index contributed by atoms with van der Waals surface area (Å²) >= 11 is 0. The lowest BCUT2D eigenvalue weighted by Gasteiger charge is -2.41. The molecule has 0 bridgehead atoms. The molecule has 1 aliphatic rings. The van der Waals surface area contributed by atoms with Crippen LogP contribution in [0.15, 0.2) is 35.4 Å². The van der Waals surface area contributed by atoms with E-state index in [0.717, 1.165) is 59.0 Å². The molecule has 0 saturated carbocycles. The van der Waals surface area contributed by atoms with E-state index in [-0.39, 0.29) is 5.56 Å². The number of pyridine rings is 2. The molecule has 3 heterocycles. The largest absolute Gasteiger partial charge is 0.496 e. The number of benzene rings is 1. The van der Waals surface area contributed by atoms with Gasteiger partial charge in [0.25, 0.3) is 5.56 Å². The molecule has 33 heavy (non-hydrogen) atoms. The Kier molecular flexibility index (Phi) is 6.58. The van der Waals surface area contributed by atoms with Crippen molar-refractivity contribution in [1.29, 1.82) is 0 Å². The first kappa shape index (κ1) is 23.1. The number of aromatic nitrogens is 2. The van der Waals surface area contributed by atoms with Crippen LogP contribution in [-0.2, 0) is 13.6 Å². The van der Waals surface area contributed by atoms with Crippen LogP contribution in [0.2, 0.25) is 0 Å². The fourth-order valence-electron chi connectivity index (χ4n) is 4.49. The van der Waals surface area contributed by atoms with Gasteiger partial charge in [-0.05, 0) is 37.2 Å². The number of hydrogen-bond donors (Lipinski definition) is 1. The zero-order valence-electron chi connectivity index (χ0n) is 20.3. The minimum Gasteiger partial charge on any atom is -0.496 e. The molecule has 0 radical (unpaired) electrons. The summed E-state index contributed by atoms with van der Waals surface area (Å²) in [5.41, 5.74) is 2.82. The van der Waals surface area contributed by atoms with Gasteiger partial charge in [0.05, 0.1) is 25.2 Å². The summed E-state index contributed by atoms with van der Waals surface area (Å²) in [6.07, 6.45) is 4.72. The number of hydrogen-bond acceptors (Lipinski definition) is 7. The number of likely N-dealkylation sites (N-methyl/N-ethyl adjacent to an activating group) is 1. The normalized spacial score (nSPS) is 16.0. The minimum absolute atomic E-state index is 0.0736. The quantitative estimate of drug-likeness (QED) is 0.564. The Hall–Kier alpha value is -3.10. The molecule has 1 aliphatic heterocycles. The molecule has 4 rings (SSSR count). The molecule has 1 saturated heterocycles. The van der Waals surface area contributed by atoms with Crippen LogP contribution >= 0.6 is 0 Å². The average molecular weight is 452 g/mol. The van der Waals surface area contributed by atoms with Gasteiger partial charge in [-0.3, -0.25) is 9.69 Å². The van der Waals surface area contributed by atoms with Crippen molar-refractivity contribution < 1.29 is 9.47 Å². The summed E-state index contributed by atoms with van der Waals surface area (Å²) in [6.45, 7) is 2.79. The number of likely N-dealkylation sites (tertiary alicyclic amines) is 1. The number of nitrogens with zero attached hydrogens (tertiary/aromatic N) is 4. The molecule has 0 amide bonds. The number of rotatable bonds is 8. The number of ether oxygens (including phenoxy) is 2. The van der Waals surface area contributed by atoms with Gasteiger partial charge in [0.15, 0.2) is 0 Å². The van der Waals surface area contributed by atoms with Crippen LogP contribution in [-0.4, -0.2) is 68.9 Å². The third-order valence-corrected chi connectivity index (χ3v) is 6.50. The van der Waals surface area contributed by atoms with Crippen molar-refractivity contribution in [3.63, 3.8) is 0 Å². The summed E-state index contributed by atoms with van der Waals surface area (Å²) in [4.78, 5) is 21.6. The molecule has 1 unspecified atom stereocenters. The van der Waals surface area contributed by atoms with E-state index in [1.54, 1.807) is 32.0 Å². The first-order chi connectivity index (χ1) is 15.9. The summed E-state index contributed by atoms with van der Waals surface area (Å²) in [5, 5.41) is 4.71. The number of anilines is 1. The first-order valence-electron chi connectivity index (χ1n) is 11.2. The molecule has 8 nitrogen and oxygen atoms in total. The maximum absolute atomic E-state index is 12.8. The summed E-state index contributed by atoms with van der Waals surface area (Å²) in [5.74, 6) is 2.35. The summed E-state index contributed by atoms with van der Waals surface area (Å²) < 4.78 is 13.3. The molecule has 3 aromatic rings. The van der Waals surface area contributed by atoms with Crippen molar-refractivity contribution in [3.8, 4) is 22.6 Å². The second kappa shape index (κ2) is 9.41. The van der Waals surface area contributed by atoms with Crippen molar-refractivity contribution in [3.05, 3.63) is 46.5 Å². The van der Waals surface area contributed by atoms with Gasteiger partial charge >= 0.3 is 0 Å². The van der Waals surface area contributed by atoms with Crippen LogP contribution < -0.4 is 25.2 Å². The monoisotopic (exact) mass is 451 g/mol. The molecule has 2 aromatic heterocycles. The molecule has 1 N–H and O–H groups in total. The topological polar surface area (TPSA) is 71.9 Å². The highest BCUT2D eigenvalue weighted by atomic mass is 16.5. The second-order valence-corrected chi connectivity index (χ2v) is 8.77. The maximum atomic E-state index is 12.8. The van der Waals surface area contributed by atoms with E-state index in [0.29, 0.717) is 11.4 Å². The van der Waals surface area contributed by atoms with E-state index in [4.69, 9.17) is 9.47 Å². The van der Waals surface area contributed by atoms with Crippen molar-refractivity contribution in [1.82, 2.24) is 19.8 Å². The lowest BCUT2D eigenvalue weighted by atomic mass is 9.97. The smallest absolute Gasteiger partial charge is 0.259 e. The van der Waals surface area contributed by atoms with Gasteiger partial charge in [0, 0.05) is 70.2 Å². The Bertz CT molecular complexity index is 1200. The second-order valence-electron chi connectivity index (χ2n) is 8.77. The molecule has 0 aliphatic carbocycles. The lowest BCUT2D eigenvalue weighted by molar-refractivity contribution is 0.0810. The van der Waals surface area contributed by atoms with Crippen LogP contribution in [0.25, 0.3) is 21.9 Å². The molecular formula is C25H33N5O3. The third kappa shape index (κ3) is 4.28. The highest BCUT2D eigenvalue weighted by molar-refractivity contribution is 5.97. The zero-order valence-corrected chi connectivity index (χ0v) is 20.3. The van der Waals surface area contributed by atoms with E-state index < -0.39 is 0 Å². The van der Waals surface area contributed by atoms with Crippen molar-refractivity contribution in [2.75, 3.05) is 53.4 Å². The number of aryl methyl sites for hydroxylation is 1. The summed E-state index contributed by atoms with van der Waals surface area (Å²) in [7, 11) is 11.0. The molecule has 176 valence electrons. The number of nitrogens with one attached hydrogen (secondary N) is 1. The minimum atomic E-state index is -0.0736.